The van der Waals surface area contributed by atoms with E-state index in [1.54, 1.807) is 13.2 Å². The summed E-state index contributed by atoms with van der Waals surface area (Å²) in [4.78, 5) is 4.46. The number of hydrogen-bond acceptors (Lipinski definition) is 5. The molecule has 1 N–H and O–H groups in total. The fourth-order valence-corrected chi connectivity index (χ4v) is 3.34. The monoisotopic (exact) mass is 307 g/mol. The van der Waals surface area contributed by atoms with Gasteiger partial charge in [0.25, 0.3) is 0 Å². The third-order valence-corrected chi connectivity index (χ3v) is 4.40. The van der Waals surface area contributed by atoms with Gasteiger partial charge in [0.1, 0.15) is 11.6 Å². The minimum absolute atomic E-state index is 0.118. The fraction of sp³-hybridized carbons (Fsp3) is 0.467. The van der Waals surface area contributed by atoms with Crippen LogP contribution >= 0.6 is 11.5 Å². The molecule has 1 unspecified atom stereocenters. The molecule has 2 aromatic rings. The number of hydrogen-bond donors (Lipinski definition) is 1. The lowest BCUT2D eigenvalue weighted by Crippen LogP contribution is -2.17. The third kappa shape index (κ3) is 3.39. The first-order chi connectivity index (χ1) is 10.3. The summed E-state index contributed by atoms with van der Waals surface area (Å²) < 4.78 is 22.8. The largest absolute Gasteiger partial charge is 0.384 e. The van der Waals surface area contributed by atoms with Crippen LogP contribution in [-0.4, -0.2) is 23.1 Å². The Bertz CT molecular complexity index is 617. The van der Waals surface area contributed by atoms with Gasteiger partial charge in [-0.25, -0.2) is 9.37 Å². The highest BCUT2D eigenvalue weighted by Crippen LogP contribution is 2.33. The Hall–Kier alpha value is -1.53. The zero-order chi connectivity index (χ0) is 14.7. The van der Waals surface area contributed by atoms with Gasteiger partial charge in [-0.1, -0.05) is 6.07 Å². The third-order valence-electron chi connectivity index (χ3n) is 3.72. The van der Waals surface area contributed by atoms with Crippen LogP contribution in [0, 0.1) is 5.82 Å². The van der Waals surface area contributed by atoms with E-state index in [0.717, 1.165) is 35.8 Å². The van der Waals surface area contributed by atoms with E-state index in [4.69, 9.17) is 4.74 Å². The highest BCUT2D eigenvalue weighted by Gasteiger charge is 2.21. The molecule has 1 aromatic carbocycles. The van der Waals surface area contributed by atoms with E-state index in [2.05, 4.69) is 14.7 Å². The average Bonchev–Trinajstić information content (AvgIpc) is 2.93. The first-order valence-electron chi connectivity index (χ1n) is 7.12. The molecule has 6 heteroatoms. The molecule has 0 saturated carbocycles. The molecule has 0 bridgehead atoms. The topological polar surface area (TPSA) is 47.0 Å². The van der Waals surface area contributed by atoms with E-state index < -0.39 is 0 Å². The van der Waals surface area contributed by atoms with Crippen LogP contribution in [0.1, 0.15) is 35.8 Å². The summed E-state index contributed by atoms with van der Waals surface area (Å²) in [6, 6.07) is 5.18. The van der Waals surface area contributed by atoms with Gasteiger partial charge in [0.15, 0.2) is 0 Å². The molecule has 0 saturated heterocycles. The van der Waals surface area contributed by atoms with Gasteiger partial charge in [-0.2, -0.15) is 4.37 Å². The Labute approximate surface area is 127 Å². The van der Waals surface area contributed by atoms with Gasteiger partial charge in [-0.3, -0.25) is 0 Å². The fourth-order valence-electron chi connectivity index (χ4n) is 2.68. The number of fused-ring (bicyclic) bond motifs is 1. The van der Waals surface area contributed by atoms with Crippen LogP contribution in [0.15, 0.2) is 18.2 Å². The molecule has 3 rings (SSSR count). The molecule has 0 aliphatic heterocycles. The van der Waals surface area contributed by atoms with Crippen molar-refractivity contribution in [3.63, 3.8) is 0 Å². The summed E-state index contributed by atoms with van der Waals surface area (Å²) in [5, 5.41) is 4.19. The van der Waals surface area contributed by atoms with Crippen molar-refractivity contribution in [1.29, 1.82) is 0 Å². The van der Waals surface area contributed by atoms with E-state index in [1.165, 1.54) is 23.2 Å². The second kappa shape index (κ2) is 6.49. The normalized spacial score (nSPS) is 17.5. The molecule has 112 valence electrons. The smallest absolute Gasteiger partial charge is 0.203 e. The zero-order valence-electron chi connectivity index (χ0n) is 11.9. The molecular weight excluding hydrogens is 289 g/mol. The first-order valence-corrected chi connectivity index (χ1v) is 7.90. The van der Waals surface area contributed by atoms with E-state index in [1.807, 2.05) is 6.07 Å². The van der Waals surface area contributed by atoms with Crippen LogP contribution < -0.4 is 5.32 Å². The highest BCUT2D eigenvalue weighted by atomic mass is 32.1. The van der Waals surface area contributed by atoms with Gasteiger partial charge < -0.3 is 10.1 Å². The van der Waals surface area contributed by atoms with Crippen molar-refractivity contribution in [2.45, 2.75) is 31.7 Å². The number of benzene rings is 1. The number of nitrogens with zero attached hydrogens (tertiary/aromatic N) is 2. The molecule has 1 aliphatic rings. The molecule has 4 nitrogen and oxygen atoms in total. The summed E-state index contributed by atoms with van der Waals surface area (Å²) in [6.07, 6.45) is 3.82. The van der Waals surface area contributed by atoms with Gasteiger partial charge in [-0.15, -0.1) is 0 Å². The number of ether oxygens (including phenoxy) is 1. The zero-order valence-corrected chi connectivity index (χ0v) is 12.8. The van der Waals surface area contributed by atoms with Gasteiger partial charge in [0.2, 0.25) is 5.13 Å². The Morgan fingerprint density at radius 2 is 2.38 bits per heavy atom. The lowest BCUT2D eigenvalue weighted by atomic mass is 9.88. The molecule has 0 spiro atoms. The van der Waals surface area contributed by atoms with E-state index in [-0.39, 0.29) is 11.9 Å². The number of nitrogens with one attached hydrogen (secondary N) is 1. The molecule has 0 amide bonds. The second-order valence-electron chi connectivity index (χ2n) is 5.19. The molecule has 21 heavy (non-hydrogen) atoms. The average molecular weight is 307 g/mol. The van der Waals surface area contributed by atoms with Crippen molar-refractivity contribution in [3.8, 4) is 0 Å². The molecular formula is C15H18FN3OS. The Balaban J connectivity index is 1.74. The molecule has 1 heterocycles. The second-order valence-corrected chi connectivity index (χ2v) is 5.94. The van der Waals surface area contributed by atoms with Crippen molar-refractivity contribution in [3.05, 3.63) is 41.0 Å². The van der Waals surface area contributed by atoms with Crippen LogP contribution in [0.3, 0.4) is 0 Å². The summed E-state index contributed by atoms with van der Waals surface area (Å²) in [7, 11) is 1.67. The van der Waals surface area contributed by atoms with Gasteiger partial charge in [0, 0.05) is 25.1 Å². The first kappa shape index (κ1) is 14.4. The maximum atomic E-state index is 13.5. The number of rotatable bonds is 5. The molecule has 0 fully saturated rings. The van der Waals surface area contributed by atoms with Crippen molar-refractivity contribution >= 4 is 16.7 Å². The van der Waals surface area contributed by atoms with Gasteiger partial charge in [0.05, 0.1) is 12.6 Å². The molecule has 1 aliphatic carbocycles. The number of aryl methyl sites for hydroxylation is 1. The predicted molar refractivity (Wildman–Crippen MR) is 81.2 cm³/mol. The summed E-state index contributed by atoms with van der Waals surface area (Å²) in [6.45, 7) is 0.619. The SMILES string of the molecule is COCCc1nsc(NC2CCCc3ccc(F)cc32)n1. The Morgan fingerprint density at radius 3 is 3.24 bits per heavy atom. The van der Waals surface area contributed by atoms with Gasteiger partial charge >= 0.3 is 0 Å². The number of aromatic nitrogens is 2. The highest BCUT2D eigenvalue weighted by molar-refractivity contribution is 7.09. The lowest BCUT2D eigenvalue weighted by molar-refractivity contribution is 0.201. The van der Waals surface area contributed by atoms with Crippen LogP contribution in [0.4, 0.5) is 9.52 Å². The minimum atomic E-state index is -0.180. The quantitative estimate of drug-likeness (QED) is 0.920. The van der Waals surface area contributed by atoms with E-state index >= 15 is 0 Å². The Kier molecular flexibility index (Phi) is 4.45. The Morgan fingerprint density at radius 1 is 1.48 bits per heavy atom. The lowest BCUT2D eigenvalue weighted by Gasteiger charge is -2.26. The summed E-state index contributed by atoms with van der Waals surface area (Å²) >= 11 is 1.35. The number of methoxy groups -OCH3 is 1. The molecule has 1 atom stereocenters. The van der Waals surface area contributed by atoms with E-state index in [0.29, 0.717) is 13.0 Å². The molecule has 0 radical (unpaired) electrons. The number of anilines is 1. The number of halogens is 1. The molecule has 1 aromatic heterocycles. The summed E-state index contributed by atoms with van der Waals surface area (Å²) in [5.41, 5.74) is 2.28. The standard InChI is InChI=1S/C15H18FN3OS/c1-20-8-7-14-18-15(21-19-14)17-13-4-2-3-10-5-6-11(16)9-12(10)13/h5-6,9,13H,2-4,7-8H2,1H3,(H,17,18,19). The van der Waals surface area contributed by atoms with Crippen LogP contribution in [-0.2, 0) is 17.6 Å². The van der Waals surface area contributed by atoms with Gasteiger partial charge in [-0.05, 0) is 42.5 Å². The van der Waals surface area contributed by atoms with Crippen molar-refractivity contribution in [2.75, 3.05) is 19.0 Å². The van der Waals surface area contributed by atoms with Crippen LogP contribution in [0.25, 0.3) is 0 Å². The van der Waals surface area contributed by atoms with Crippen molar-refractivity contribution < 1.29 is 9.13 Å². The van der Waals surface area contributed by atoms with Crippen LogP contribution in [0.2, 0.25) is 0 Å². The van der Waals surface area contributed by atoms with E-state index in [9.17, 15) is 4.39 Å². The maximum Gasteiger partial charge on any atom is 0.203 e. The van der Waals surface area contributed by atoms with Crippen LogP contribution in [0.5, 0.6) is 0 Å². The minimum Gasteiger partial charge on any atom is -0.384 e. The predicted octanol–water partition coefficient (Wildman–Crippen LogP) is 3.36. The van der Waals surface area contributed by atoms with Crippen molar-refractivity contribution in [2.24, 2.45) is 0 Å². The van der Waals surface area contributed by atoms with Crippen molar-refractivity contribution in [1.82, 2.24) is 9.36 Å². The summed E-state index contributed by atoms with van der Waals surface area (Å²) in [5.74, 6) is 0.611. The maximum absolute atomic E-state index is 13.5.